The zero-order chi connectivity index (χ0) is 12.8. The molecule has 1 aliphatic rings. The van der Waals surface area contributed by atoms with Crippen molar-refractivity contribution in [1.29, 1.82) is 0 Å². The van der Waals surface area contributed by atoms with Crippen LogP contribution < -0.4 is 0 Å². The Bertz CT molecular complexity index is 355. The summed E-state index contributed by atoms with van der Waals surface area (Å²) in [5, 5.41) is 8.36. The van der Waals surface area contributed by atoms with E-state index >= 15 is 0 Å². The molecule has 0 amide bonds. The van der Waals surface area contributed by atoms with Gasteiger partial charge in [-0.1, -0.05) is 42.3 Å². The largest absolute Gasteiger partial charge is 0.393 e. The van der Waals surface area contributed by atoms with Crippen LogP contribution in [0.5, 0.6) is 0 Å². The summed E-state index contributed by atoms with van der Waals surface area (Å²) in [6.45, 7) is 8.21. The summed E-state index contributed by atoms with van der Waals surface area (Å²) in [7, 11) is 0. The zero-order valence-electron chi connectivity index (χ0n) is 11.5. The van der Waals surface area contributed by atoms with Gasteiger partial charge in [0.05, 0.1) is 6.10 Å². The van der Waals surface area contributed by atoms with E-state index in [1.807, 2.05) is 6.92 Å². The molecule has 0 aliphatic heterocycles. The number of aliphatic hydroxyl groups is 1. The van der Waals surface area contributed by atoms with Crippen LogP contribution in [0.25, 0.3) is 0 Å². The van der Waals surface area contributed by atoms with Crippen molar-refractivity contribution in [3.8, 4) is 0 Å². The lowest BCUT2D eigenvalue weighted by Crippen LogP contribution is -2.04. The highest BCUT2D eigenvalue weighted by Gasteiger charge is 2.10. The SMILES string of the molecule is CC1=C(C)Cc2ccccc2C1.CCC(C)O. The first-order valence-corrected chi connectivity index (χ1v) is 6.44. The van der Waals surface area contributed by atoms with Crippen molar-refractivity contribution in [2.45, 2.75) is 53.1 Å². The average Bonchev–Trinajstić information content (AvgIpc) is 2.31. The molecule has 0 bridgehead atoms. The molecule has 1 aromatic carbocycles. The van der Waals surface area contributed by atoms with Crippen LogP contribution in [0.3, 0.4) is 0 Å². The van der Waals surface area contributed by atoms with Crippen molar-refractivity contribution in [3.63, 3.8) is 0 Å². The lowest BCUT2D eigenvalue weighted by Gasteiger charge is -2.18. The minimum Gasteiger partial charge on any atom is -0.393 e. The molecular weight excluding hydrogens is 208 g/mol. The molecular formula is C16H24O. The molecule has 17 heavy (non-hydrogen) atoms. The molecule has 0 radical (unpaired) electrons. The van der Waals surface area contributed by atoms with Gasteiger partial charge in [0.15, 0.2) is 0 Å². The second-order valence-corrected chi connectivity index (χ2v) is 4.94. The number of benzene rings is 1. The van der Waals surface area contributed by atoms with Gasteiger partial charge in [-0.3, -0.25) is 0 Å². The Hall–Kier alpha value is -1.08. The van der Waals surface area contributed by atoms with E-state index in [9.17, 15) is 0 Å². The van der Waals surface area contributed by atoms with Crippen LogP contribution in [-0.4, -0.2) is 11.2 Å². The molecule has 0 saturated carbocycles. The minimum atomic E-state index is -0.116. The summed E-state index contributed by atoms with van der Waals surface area (Å²) in [6.07, 6.45) is 3.05. The van der Waals surface area contributed by atoms with Gasteiger partial charge in [0.2, 0.25) is 0 Å². The van der Waals surface area contributed by atoms with Crippen LogP contribution in [0.2, 0.25) is 0 Å². The molecule has 0 spiro atoms. The maximum Gasteiger partial charge on any atom is 0.0509 e. The molecule has 1 aromatic rings. The normalized spacial score (nSPS) is 15.8. The lowest BCUT2D eigenvalue weighted by atomic mass is 9.88. The highest BCUT2D eigenvalue weighted by atomic mass is 16.3. The Labute approximate surface area is 105 Å². The fourth-order valence-corrected chi connectivity index (χ4v) is 1.78. The van der Waals surface area contributed by atoms with Crippen molar-refractivity contribution in [2.24, 2.45) is 0 Å². The van der Waals surface area contributed by atoms with E-state index in [1.165, 1.54) is 11.1 Å². The van der Waals surface area contributed by atoms with Crippen LogP contribution in [0.1, 0.15) is 45.2 Å². The van der Waals surface area contributed by atoms with Crippen LogP contribution in [0.4, 0.5) is 0 Å². The number of rotatable bonds is 1. The number of fused-ring (bicyclic) bond motifs is 1. The van der Waals surface area contributed by atoms with Crippen molar-refractivity contribution in [3.05, 3.63) is 46.5 Å². The molecule has 94 valence electrons. The molecule has 1 aliphatic carbocycles. The molecule has 1 nitrogen and oxygen atoms in total. The van der Waals surface area contributed by atoms with Crippen LogP contribution in [0.15, 0.2) is 35.4 Å². The van der Waals surface area contributed by atoms with Crippen LogP contribution in [0, 0.1) is 0 Å². The maximum absolute atomic E-state index is 8.36. The number of hydrogen-bond acceptors (Lipinski definition) is 1. The first-order valence-electron chi connectivity index (χ1n) is 6.44. The van der Waals surface area contributed by atoms with Crippen molar-refractivity contribution in [1.82, 2.24) is 0 Å². The standard InChI is InChI=1S/C12H14.C4H10O/c1-9-7-11-5-3-4-6-12(11)8-10(9)2;1-3-4(2)5/h3-6H,7-8H2,1-2H3;4-5H,3H2,1-2H3. The van der Waals surface area contributed by atoms with Crippen molar-refractivity contribution >= 4 is 0 Å². The van der Waals surface area contributed by atoms with E-state index in [0.717, 1.165) is 19.3 Å². The van der Waals surface area contributed by atoms with E-state index in [2.05, 4.69) is 38.1 Å². The molecule has 0 heterocycles. The molecule has 1 atom stereocenters. The Kier molecular flexibility index (Phi) is 5.43. The van der Waals surface area contributed by atoms with Gasteiger partial charge in [0, 0.05) is 0 Å². The minimum absolute atomic E-state index is 0.116. The highest BCUT2D eigenvalue weighted by molar-refractivity contribution is 5.39. The van der Waals surface area contributed by atoms with Gasteiger partial charge in [-0.25, -0.2) is 0 Å². The second kappa shape index (κ2) is 6.61. The third-order valence-corrected chi connectivity index (χ3v) is 3.35. The molecule has 1 unspecified atom stereocenters. The Morgan fingerprint density at radius 1 is 1.06 bits per heavy atom. The summed E-state index contributed by atoms with van der Waals surface area (Å²) in [4.78, 5) is 0. The Morgan fingerprint density at radius 2 is 1.41 bits per heavy atom. The molecule has 0 aromatic heterocycles. The van der Waals surface area contributed by atoms with Crippen molar-refractivity contribution < 1.29 is 5.11 Å². The first-order chi connectivity index (χ1) is 8.04. The van der Waals surface area contributed by atoms with Gasteiger partial charge in [-0.15, -0.1) is 0 Å². The number of hydrogen-bond donors (Lipinski definition) is 1. The van der Waals surface area contributed by atoms with E-state index in [1.54, 1.807) is 18.1 Å². The summed E-state index contributed by atoms with van der Waals surface area (Å²) < 4.78 is 0. The van der Waals surface area contributed by atoms with Crippen LogP contribution >= 0.6 is 0 Å². The summed E-state index contributed by atoms with van der Waals surface area (Å²) >= 11 is 0. The number of aliphatic hydroxyl groups excluding tert-OH is 1. The fraction of sp³-hybridized carbons (Fsp3) is 0.500. The number of allylic oxidation sites excluding steroid dienone is 2. The summed E-state index contributed by atoms with van der Waals surface area (Å²) in [5.41, 5.74) is 6.13. The average molecular weight is 232 g/mol. The van der Waals surface area contributed by atoms with E-state index in [-0.39, 0.29) is 6.10 Å². The molecule has 1 heteroatoms. The summed E-state index contributed by atoms with van der Waals surface area (Å²) in [6, 6.07) is 8.75. The monoisotopic (exact) mass is 232 g/mol. The van der Waals surface area contributed by atoms with E-state index < -0.39 is 0 Å². The molecule has 1 N–H and O–H groups in total. The highest BCUT2D eigenvalue weighted by Crippen LogP contribution is 2.24. The third kappa shape index (κ3) is 4.35. The fourth-order valence-electron chi connectivity index (χ4n) is 1.78. The topological polar surface area (TPSA) is 20.2 Å². The maximum atomic E-state index is 8.36. The molecule has 2 rings (SSSR count). The Morgan fingerprint density at radius 3 is 1.71 bits per heavy atom. The predicted octanol–water partition coefficient (Wildman–Crippen LogP) is 3.90. The Balaban J connectivity index is 0.000000249. The quantitative estimate of drug-likeness (QED) is 0.728. The van der Waals surface area contributed by atoms with Crippen molar-refractivity contribution in [2.75, 3.05) is 0 Å². The van der Waals surface area contributed by atoms with Gasteiger partial charge < -0.3 is 5.11 Å². The van der Waals surface area contributed by atoms with E-state index in [4.69, 9.17) is 5.11 Å². The zero-order valence-corrected chi connectivity index (χ0v) is 11.5. The third-order valence-electron chi connectivity index (χ3n) is 3.35. The van der Waals surface area contributed by atoms with Gasteiger partial charge in [0.1, 0.15) is 0 Å². The second-order valence-electron chi connectivity index (χ2n) is 4.94. The lowest BCUT2D eigenvalue weighted by molar-refractivity contribution is 0.191. The first kappa shape index (κ1) is 14.0. The molecule has 0 fully saturated rings. The van der Waals surface area contributed by atoms with Crippen LogP contribution in [-0.2, 0) is 12.8 Å². The van der Waals surface area contributed by atoms with Gasteiger partial charge in [-0.05, 0) is 51.2 Å². The summed E-state index contributed by atoms with van der Waals surface area (Å²) in [5.74, 6) is 0. The predicted molar refractivity (Wildman–Crippen MR) is 74.2 cm³/mol. The smallest absolute Gasteiger partial charge is 0.0509 e. The van der Waals surface area contributed by atoms with E-state index in [0.29, 0.717) is 0 Å². The molecule has 0 saturated heterocycles. The van der Waals surface area contributed by atoms with Gasteiger partial charge in [-0.2, -0.15) is 0 Å². The van der Waals surface area contributed by atoms with Gasteiger partial charge >= 0.3 is 0 Å². The van der Waals surface area contributed by atoms with Gasteiger partial charge in [0.25, 0.3) is 0 Å².